The fourth-order valence-corrected chi connectivity index (χ4v) is 3.64. The summed E-state index contributed by atoms with van der Waals surface area (Å²) in [7, 11) is 0. The number of fused-ring (bicyclic) bond motifs is 1. The van der Waals surface area contributed by atoms with Crippen molar-refractivity contribution in [1.29, 1.82) is 0 Å². The van der Waals surface area contributed by atoms with E-state index in [1.54, 1.807) is 24.3 Å². The summed E-state index contributed by atoms with van der Waals surface area (Å²) < 4.78 is 6.48. The van der Waals surface area contributed by atoms with Gasteiger partial charge in [-0.3, -0.25) is 10.1 Å². The first-order valence-corrected chi connectivity index (χ1v) is 9.57. The molecule has 0 aliphatic carbocycles. The van der Waals surface area contributed by atoms with E-state index in [1.807, 2.05) is 25.1 Å². The van der Waals surface area contributed by atoms with E-state index >= 15 is 0 Å². The molecular weight excluding hydrogens is 390 g/mol. The highest BCUT2D eigenvalue weighted by atomic mass is 35.5. The minimum atomic E-state index is -0.316. The standard InChI is InChI=1S/C18H16ClN3O2S2/c1-2-9-24-12-6-3-5-11(10-12)16(23)21-17(25)22-18-20-15-13(19)7-4-8-14(15)26-18/h3-8,10H,2,9H2,1H3,(H2,20,21,22,23,25). The molecule has 0 aliphatic rings. The maximum Gasteiger partial charge on any atom is 0.257 e. The average molecular weight is 406 g/mol. The molecule has 0 spiro atoms. The number of hydrogen-bond acceptors (Lipinski definition) is 5. The van der Waals surface area contributed by atoms with Gasteiger partial charge in [0, 0.05) is 5.56 Å². The Labute approximate surface area is 165 Å². The van der Waals surface area contributed by atoms with E-state index in [1.165, 1.54) is 11.3 Å². The molecule has 0 bridgehead atoms. The predicted octanol–water partition coefficient (Wildman–Crippen LogP) is 4.87. The SMILES string of the molecule is CCCOc1cccc(C(=O)NC(=S)Nc2nc3c(Cl)cccc3s2)c1. The van der Waals surface area contributed by atoms with Gasteiger partial charge in [0.25, 0.3) is 5.91 Å². The maximum absolute atomic E-state index is 12.4. The molecule has 3 rings (SSSR count). The zero-order chi connectivity index (χ0) is 18.5. The van der Waals surface area contributed by atoms with Gasteiger partial charge in [-0.15, -0.1) is 0 Å². The van der Waals surface area contributed by atoms with Crippen LogP contribution in [0.3, 0.4) is 0 Å². The van der Waals surface area contributed by atoms with E-state index in [9.17, 15) is 4.79 Å². The lowest BCUT2D eigenvalue weighted by atomic mass is 10.2. The number of anilines is 1. The Bertz CT molecular complexity index is 959. The molecule has 2 aromatic carbocycles. The van der Waals surface area contributed by atoms with Crippen LogP contribution >= 0.6 is 35.2 Å². The highest BCUT2D eigenvalue weighted by Crippen LogP contribution is 2.30. The molecule has 8 heteroatoms. The fraction of sp³-hybridized carbons (Fsp3) is 0.167. The third kappa shape index (κ3) is 4.49. The smallest absolute Gasteiger partial charge is 0.257 e. The van der Waals surface area contributed by atoms with Gasteiger partial charge in [0.15, 0.2) is 10.2 Å². The van der Waals surface area contributed by atoms with E-state index in [0.717, 1.165) is 11.1 Å². The third-order valence-electron chi connectivity index (χ3n) is 3.39. The summed E-state index contributed by atoms with van der Waals surface area (Å²) in [5.41, 5.74) is 1.17. The molecule has 0 fully saturated rings. The van der Waals surface area contributed by atoms with Crippen LogP contribution in [0.1, 0.15) is 23.7 Å². The lowest BCUT2D eigenvalue weighted by Gasteiger charge is -2.09. The van der Waals surface area contributed by atoms with Crippen molar-refractivity contribution in [3.8, 4) is 5.75 Å². The number of amides is 1. The van der Waals surface area contributed by atoms with Gasteiger partial charge in [0.1, 0.15) is 11.3 Å². The second-order valence-electron chi connectivity index (χ2n) is 5.39. The third-order valence-corrected chi connectivity index (χ3v) is 4.83. The van der Waals surface area contributed by atoms with E-state index < -0.39 is 0 Å². The minimum Gasteiger partial charge on any atom is -0.494 e. The number of nitrogens with one attached hydrogen (secondary N) is 2. The molecule has 1 amide bonds. The first-order valence-electron chi connectivity index (χ1n) is 7.97. The van der Waals surface area contributed by atoms with Crippen LogP contribution in [0.2, 0.25) is 5.02 Å². The van der Waals surface area contributed by atoms with E-state index in [2.05, 4.69) is 15.6 Å². The number of hydrogen-bond donors (Lipinski definition) is 2. The molecule has 0 saturated heterocycles. The van der Waals surface area contributed by atoms with Crippen molar-refractivity contribution in [2.75, 3.05) is 11.9 Å². The predicted molar refractivity (Wildman–Crippen MR) is 111 cm³/mol. The normalized spacial score (nSPS) is 10.5. The molecule has 134 valence electrons. The van der Waals surface area contributed by atoms with Gasteiger partial charge in [-0.25, -0.2) is 4.98 Å². The summed E-state index contributed by atoms with van der Waals surface area (Å²) in [5.74, 6) is 0.336. The Morgan fingerprint density at radius 2 is 2.12 bits per heavy atom. The Morgan fingerprint density at radius 3 is 2.88 bits per heavy atom. The molecule has 3 aromatic rings. The van der Waals surface area contributed by atoms with Crippen molar-refractivity contribution in [3.05, 3.63) is 53.1 Å². The molecule has 0 saturated carbocycles. The van der Waals surface area contributed by atoms with Crippen LogP contribution < -0.4 is 15.4 Å². The number of ether oxygens (including phenoxy) is 1. The lowest BCUT2D eigenvalue weighted by Crippen LogP contribution is -2.34. The lowest BCUT2D eigenvalue weighted by molar-refractivity contribution is 0.0977. The van der Waals surface area contributed by atoms with Crippen LogP contribution in [0.4, 0.5) is 5.13 Å². The second-order valence-corrected chi connectivity index (χ2v) is 7.24. The monoisotopic (exact) mass is 405 g/mol. The van der Waals surface area contributed by atoms with Crippen molar-refractivity contribution in [2.45, 2.75) is 13.3 Å². The molecule has 2 N–H and O–H groups in total. The minimum absolute atomic E-state index is 0.171. The molecule has 0 aliphatic heterocycles. The summed E-state index contributed by atoms with van der Waals surface area (Å²) in [6.45, 7) is 2.63. The second kappa shape index (κ2) is 8.44. The Kier molecular flexibility index (Phi) is 6.03. The van der Waals surface area contributed by atoms with Gasteiger partial charge >= 0.3 is 0 Å². The summed E-state index contributed by atoms with van der Waals surface area (Å²) in [4.78, 5) is 16.8. The van der Waals surface area contributed by atoms with Crippen molar-refractivity contribution in [3.63, 3.8) is 0 Å². The Hall–Kier alpha value is -2.22. The summed E-state index contributed by atoms with van der Waals surface area (Å²) in [6, 6.07) is 12.5. The van der Waals surface area contributed by atoms with Crippen LogP contribution in [0, 0.1) is 0 Å². The number of carbonyl (C=O) groups excluding carboxylic acids is 1. The molecule has 1 heterocycles. The van der Waals surface area contributed by atoms with Gasteiger partial charge in [-0.2, -0.15) is 0 Å². The number of thiazole rings is 1. The topological polar surface area (TPSA) is 63.2 Å². The molecule has 0 atom stereocenters. The zero-order valence-corrected chi connectivity index (χ0v) is 16.3. The first-order chi connectivity index (χ1) is 12.6. The maximum atomic E-state index is 12.4. The number of thiocarbonyl (C=S) groups is 1. The van der Waals surface area contributed by atoms with Crippen LogP contribution in [-0.2, 0) is 0 Å². The van der Waals surface area contributed by atoms with Gasteiger partial charge in [0.2, 0.25) is 0 Å². The van der Waals surface area contributed by atoms with Gasteiger partial charge in [-0.1, -0.05) is 42.0 Å². The zero-order valence-electron chi connectivity index (χ0n) is 13.9. The summed E-state index contributed by atoms with van der Waals surface area (Å²) in [5, 5.41) is 6.89. The highest BCUT2D eigenvalue weighted by molar-refractivity contribution is 7.80. The molecular formula is C18H16ClN3O2S2. The number of benzene rings is 2. The number of carbonyl (C=O) groups is 1. The van der Waals surface area contributed by atoms with Crippen molar-refractivity contribution in [2.24, 2.45) is 0 Å². The van der Waals surface area contributed by atoms with Gasteiger partial charge < -0.3 is 10.1 Å². The van der Waals surface area contributed by atoms with E-state index in [4.69, 9.17) is 28.6 Å². The van der Waals surface area contributed by atoms with Crippen molar-refractivity contribution < 1.29 is 9.53 Å². The van der Waals surface area contributed by atoms with Crippen molar-refractivity contribution in [1.82, 2.24) is 10.3 Å². The number of aromatic nitrogens is 1. The molecule has 5 nitrogen and oxygen atoms in total. The average Bonchev–Trinajstić information content (AvgIpc) is 3.04. The van der Waals surface area contributed by atoms with Crippen LogP contribution in [-0.4, -0.2) is 22.6 Å². The van der Waals surface area contributed by atoms with Crippen molar-refractivity contribution >= 4 is 61.5 Å². The fourth-order valence-electron chi connectivity index (χ4n) is 2.22. The summed E-state index contributed by atoms with van der Waals surface area (Å²) >= 11 is 12.7. The van der Waals surface area contributed by atoms with Crippen LogP contribution in [0.15, 0.2) is 42.5 Å². The molecule has 1 aromatic heterocycles. The van der Waals surface area contributed by atoms with Gasteiger partial charge in [0.05, 0.1) is 16.3 Å². The number of para-hydroxylation sites is 1. The Balaban J connectivity index is 1.65. The Morgan fingerprint density at radius 1 is 1.31 bits per heavy atom. The molecule has 0 unspecified atom stereocenters. The largest absolute Gasteiger partial charge is 0.494 e. The van der Waals surface area contributed by atoms with E-state index in [-0.39, 0.29) is 11.0 Å². The number of rotatable bonds is 5. The van der Waals surface area contributed by atoms with Crippen LogP contribution in [0.25, 0.3) is 10.2 Å². The quantitative estimate of drug-likeness (QED) is 0.593. The molecule has 0 radical (unpaired) electrons. The van der Waals surface area contributed by atoms with Crippen LogP contribution in [0.5, 0.6) is 5.75 Å². The summed E-state index contributed by atoms with van der Waals surface area (Å²) in [6.07, 6.45) is 0.899. The molecule has 26 heavy (non-hydrogen) atoms. The highest BCUT2D eigenvalue weighted by Gasteiger charge is 2.12. The first kappa shape index (κ1) is 18.6. The number of halogens is 1. The number of nitrogens with zero attached hydrogens (tertiary/aromatic N) is 1. The van der Waals surface area contributed by atoms with E-state index in [0.29, 0.717) is 33.6 Å². The van der Waals surface area contributed by atoms with Gasteiger partial charge in [-0.05, 0) is 49.0 Å².